The third-order valence-electron chi connectivity index (χ3n) is 3.43. The van der Waals surface area contributed by atoms with Gasteiger partial charge in [-0.25, -0.2) is 15.0 Å². The highest BCUT2D eigenvalue weighted by molar-refractivity contribution is 6.35. The molecule has 12 heteroatoms. The van der Waals surface area contributed by atoms with E-state index in [1.54, 1.807) is 24.3 Å². The Hall–Kier alpha value is -3.01. The smallest absolute Gasteiger partial charge is 0.276 e. The Labute approximate surface area is 180 Å². The number of carbonyl (C=O) groups excluding carboxylic acids is 1. The van der Waals surface area contributed by atoms with Crippen LogP contribution in [0.2, 0.25) is 15.1 Å². The van der Waals surface area contributed by atoms with Crippen molar-refractivity contribution < 1.29 is 9.53 Å². The summed E-state index contributed by atoms with van der Waals surface area (Å²) in [5.74, 6) is 0.825. The number of halogens is 3. The molecule has 3 aromatic rings. The summed E-state index contributed by atoms with van der Waals surface area (Å²) in [4.78, 5) is 24.1. The van der Waals surface area contributed by atoms with Gasteiger partial charge >= 0.3 is 0 Å². The van der Waals surface area contributed by atoms with Crippen molar-refractivity contribution in [1.82, 2.24) is 20.4 Å². The van der Waals surface area contributed by atoms with Crippen LogP contribution in [0.3, 0.4) is 0 Å². The van der Waals surface area contributed by atoms with Crippen LogP contribution in [0.4, 0.5) is 23.1 Å². The summed E-state index contributed by atoms with van der Waals surface area (Å²) >= 11 is 17.6. The first-order chi connectivity index (χ1) is 13.9. The number of pyridine rings is 1. The van der Waals surface area contributed by atoms with E-state index >= 15 is 0 Å². The SMILES string of the molecule is Nc1c(NNC(=O)COc2ccc(Cl)cc2Cl)ncnc1Nc1ccc(Cl)cn1. The number of amides is 1. The quantitative estimate of drug-likeness (QED) is 0.398. The zero-order valence-electron chi connectivity index (χ0n) is 14.6. The zero-order chi connectivity index (χ0) is 20.8. The highest BCUT2D eigenvalue weighted by Crippen LogP contribution is 2.27. The lowest BCUT2D eigenvalue weighted by atomic mass is 10.3. The van der Waals surface area contributed by atoms with Crippen LogP contribution in [0.15, 0.2) is 42.9 Å². The summed E-state index contributed by atoms with van der Waals surface area (Å²) < 4.78 is 5.35. The number of nitrogens with zero attached hydrogens (tertiary/aromatic N) is 3. The third kappa shape index (κ3) is 5.74. The number of ether oxygens (including phenoxy) is 1. The van der Waals surface area contributed by atoms with Crippen molar-refractivity contribution in [3.05, 3.63) is 57.9 Å². The molecule has 2 heterocycles. The van der Waals surface area contributed by atoms with E-state index in [1.807, 2.05) is 0 Å². The Morgan fingerprint density at radius 2 is 1.79 bits per heavy atom. The maximum Gasteiger partial charge on any atom is 0.276 e. The van der Waals surface area contributed by atoms with Crippen LogP contribution in [-0.2, 0) is 4.79 Å². The molecule has 150 valence electrons. The number of hydrogen-bond donors (Lipinski definition) is 4. The van der Waals surface area contributed by atoms with Gasteiger partial charge in [0.05, 0.1) is 10.0 Å². The van der Waals surface area contributed by atoms with E-state index in [-0.39, 0.29) is 18.1 Å². The van der Waals surface area contributed by atoms with Gasteiger partial charge in [-0.15, -0.1) is 0 Å². The summed E-state index contributed by atoms with van der Waals surface area (Å²) in [5.41, 5.74) is 11.2. The Kier molecular flexibility index (Phi) is 6.76. The van der Waals surface area contributed by atoms with Crippen LogP contribution in [0.5, 0.6) is 5.75 Å². The second-order valence-corrected chi connectivity index (χ2v) is 6.79. The van der Waals surface area contributed by atoms with Gasteiger partial charge in [-0.2, -0.15) is 0 Å². The molecule has 0 saturated heterocycles. The Morgan fingerprint density at radius 1 is 1.03 bits per heavy atom. The van der Waals surface area contributed by atoms with Crippen LogP contribution < -0.4 is 26.6 Å². The Balaban J connectivity index is 1.57. The van der Waals surface area contributed by atoms with Gasteiger partial charge in [0.15, 0.2) is 18.2 Å². The van der Waals surface area contributed by atoms with Gasteiger partial charge in [-0.1, -0.05) is 34.8 Å². The lowest BCUT2D eigenvalue weighted by Gasteiger charge is -2.13. The molecule has 0 fully saturated rings. The van der Waals surface area contributed by atoms with Gasteiger partial charge in [0, 0.05) is 11.2 Å². The van der Waals surface area contributed by atoms with Crippen LogP contribution in [0.1, 0.15) is 0 Å². The predicted octanol–water partition coefficient (Wildman–Crippen LogP) is 3.68. The van der Waals surface area contributed by atoms with E-state index in [9.17, 15) is 4.79 Å². The molecule has 1 amide bonds. The molecule has 1 aromatic carbocycles. The van der Waals surface area contributed by atoms with Gasteiger partial charge < -0.3 is 15.8 Å². The van der Waals surface area contributed by atoms with Gasteiger partial charge in [0.1, 0.15) is 23.6 Å². The van der Waals surface area contributed by atoms with Crippen LogP contribution >= 0.6 is 34.8 Å². The number of rotatable bonds is 7. The molecule has 9 nitrogen and oxygen atoms in total. The van der Waals surface area contributed by atoms with Crippen LogP contribution in [0.25, 0.3) is 0 Å². The Bertz CT molecular complexity index is 1020. The highest BCUT2D eigenvalue weighted by atomic mass is 35.5. The van der Waals surface area contributed by atoms with Crippen molar-refractivity contribution in [2.75, 3.05) is 23.1 Å². The molecule has 0 unspecified atom stereocenters. The second kappa shape index (κ2) is 9.46. The molecule has 0 radical (unpaired) electrons. The van der Waals surface area contributed by atoms with E-state index in [1.165, 1.54) is 18.6 Å². The average molecular weight is 455 g/mol. The van der Waals surface area contributed by atoms with Crippen molar-refractivity contribution in [2.24, 2.45) is 0 Å². The molecule has 29 heavy (non-hydrogen) atoms. The molecule has 0 spiro atoms. The number of hydrogen-bond acceptors (Lipinski definition) is 8. The number of nitrogens with two attached hydrogens (primary N) is 1. The highest BCUT2D eigenvalue weighted by Gasteiger charge is 2.11. The maximum atomic E-state index is 12.0. The summed E-state index contributed by atoms with van der Waals surface area (Å²) in [6, 6.07) is 8.01. The van der Waals surface area contributed by atoms with E-state index in [4.69, 9.17) is 45.3 Å². The molecule has 0 saturated carbocycles. The number of hydrazine groups is 1. The summed E-state index contributed by atoms with van der Waals surface area (Å²) in [7, 11) is 0. The topological polar surface area (TPSA) is 127 Å². The van der Waals surface area contributed by atoms with Crippen LogP contribution in [-0.4, -0.2) is 27.5 Å². The fraction of sp³-hybridized carbons (Fsp3) is 0.0588. The van der Waals surface area contributed by atoms with Crippen molar-refractivity contribution >= 4 is 63.9 Å². The molecular formula is C17H14Cl3N7O2. The molecule has 3 rings (SSSR count). The molecule has 2 aromatic heterocycles. The second-order valence-electron chi connectivity index (χ2n) is 5.51. The van der Waals surface area contributed by atoms with E-state index in [0.29, 0.717) is 32.5 Å². The fourth-order valence-corrected chi connectivity index (χ4v) is 2.64. The lowest BCUT2D eigenvalue weighted by Crippen LogP contribution is -2.34. The van der Waals surface area contributed by atoms with Gasteiger partial charge in [-0.3, -0.25) is 15.6 Å². The third-order valence-corrected chi connectivity index (χ3v) is 4.18. The number of nitrogens with one attached hydrogen (secondary N) is 3. The maximum absolute atomic E-state index is 12.0. The van der Waals surface area contributed by atoms with Crippen molar-refractivity contribution in [2.45, 2.75) is 0 Å². The first-order valence-corrected chi connectivity index (χ1v) is 9.17. The largest absolute Gasteiger partial charge is 0.482 e. The number of carbonyl (C=O) groups is 1. The summed E-state index contributed by atoms with van der Waals surface area (Å²) in [6.07, 6.45) is 2.75. The zero-order valence-corrected chi connectivity index (χ0v) is 16.9. The van der Waals surface area contributed by atoms with Crippen LogP contribution in [0, 0.1) is 0 Å². The molecule has 0 bridgehead atoms. The van der Waals surface area contributed by atoms with E-state index in [2.05, 4.69) is 31.1 Å². The van der Waals surface area contributed by atoms with Crippen molar-refractivity contribution in [3.63, 3.8) is 0 Å². The molecule has 5 N–H and O–H groups in total. The van der Waals surface area contributed by atoms with Gasteiger partial charge in [0.2, 0.25) is 0 Å². The van der Waals surface area contributed by atoms with Gasteiger partial charge in [0.25, 0.3) is 5.91 Å². The number of nitrogen functional groups attached to an aromatic ring is 1. The van der Waals surface area contributed by atoms with Gasteiger partial charge in [-0.05, 0) is 30.3 Å². The first-order valence-electron chi connectivity index (χ1n) is 8.04. The standard InChI is InChI=1S/C17H14Cl3N7O2/c18-9-1-3-12(11(20)5-9)29-7-14(28)26-27-17-15(21)16(23-8-24-17)25-13-4-2-10(19)6-22-13/h1-6,8H,7,21H2,(H,26,28)(H2,22,23,24,25,27). The normalized spacial score (nSPS) is 10.3. The first kappa shape index (κ1) is 20.7. The minimum absolute atomic E-state index is 0.172. The molecule has 0 aliphatic heterocycles. The molecule has 0 atom stereocenters. The molecule has 0 aliphatic rings. The Morgan fingerprint density at radius 3 is 2.52 bits per heavy atom. The molecular weight excluding hydrogens is 441 g/mol. The summed E-state index contributed by atoms with van der Waals surface area (Å²) in [6.45, 7) is -0.293. The average Bonchev–Trinajstić information content (AvgIpc) is 2.69. The summed E-state index contributed by atoms with van der Waals surface area (Å²) in [5, 5.41) is 4.19. The number of anilines is 4. The lowest BCUT2D eigenvalue weighted by molar-refractivity contribution is -0.122. The fourth-order valence-electron chi connectivity index (χ4n) is 2.07. The van der Waals surface area contributed by atoms with Crippen molar-refractivity contribution in [1.29, 1.82) is 0 Å². The predicted molar refractivity (Wildman–Crippen MR) is 113 cm³/mol. The number of aromatic nitrogens is 3. The minimum Gasteiger partial charge on any atom is -0.482 e. The molecule has 0 aliphatic carbocycles. The number of benzene rings is 1. The van der Waals surface area contributed by atoms with E-state index in [0.717, 1.165) is 0 Å². The minimum atomic E-state index is -0.483. The monoisotopic (exact) mass is 453 g/mol. The van der Waals surface area contributed by atoms with Crippen molar-refractivity contribution in [3.8, 4) is 5.75 Å². The van der Waals surface area contributed by atoms with E-state index < -0.39 is 5.91 Å².